The molecule has 0 aliphatic carbocycles. The van der Waals surface area contributed by atoms with Gasteiger partial charge in [-0.15, -0.1) is 11.3 Å². The number of carbonyl (C=O) groups excluding carboxylic acids is 1. The van der Waals surface area contributed by atoms with Crippen LogP contribution in [0.15, 0.2) is 18.3 Å². The van der Waals surface area contributed by atoms with Gasteiger partial charge in [0.15, 0.2) is 6.29 Å². The van der Waals surface area contributed by atoms with Crippen LogP contribution in [0.2, 0.25) is 0 Å². The first-order chi connectivity index (χ1) is 7.61. The second-order valence-electron chi connectivity index (χ2n) is 3.64. The molecule has 16 heavy (non-hydrogen) atoms. The first-order valence-corrected chi connectivity index (χ1v) is 5.65. The Morgan fingerprint density at radius 3 is 2.44 bits per heavy atom. The van der Waals surface area contributed by atoms with Gasteiger partial charge in [0.25, 0.3) is 0 Å². The molecule has 0 radical (unpaired) electrons. The van der Waals surface area contributed by atoms with Gasteiger partial charge in [0.05, 0.1) is 4.88 Å². The Bertz CT molecular complexity index is 523. The van der Waals surface area contributed by atoms with Crippen LogP contribution in [0.1, 0.15) is 20.8 Å². The maximum absolute atomic E-state index is 10.6. The highest BCUT2D eigenvalue weighted by Gasteiger charge is 2.08. The van der Waals surface area contributed by atoms with Gasteiger partial charge >= 0.3 is 0 Å². The fourth-order valence-electron chi connectivity index (χ4n) is 1.55. The molecule has 0 unspecified atom stereocenters. The van der Waals surface area contributed by atoms with Crippen LogP contribution in [0.5, 0.6) is 5.75 Å². The molecule has 0 atom stereocenters. The molecule has 0 aliphatic heterocycles. The fourth-order valence-corrected chi connectivity index (χ4v) is 2.27. The number of benzene rings is 1. The van der Waals surface area contributed by atoms with E-state index < -0.39 is 0 Å². The number of aryl methyl sites for hydroxylation is 2. The van der Waals surface area contributed by atoms with E-state index in [4.69, 9.17) is 0 Å². The van der Waals surface area contributed by atoms with E-state index >= 15 is 0 Å². The molecule has 1 aromatic heterocycles. The summed E-state index contributed by atoms with van der Waals surface area (Å²) in [5, 5.41) is 10.5. The zero-order chi connectivity index (χ0) is 11.7. The van der Waals surface area contributed by atoms with Gasteiger partial charge < -0.3 is 5.11 Å². The second kappa shape index (κ2) is 4.06. The van der Waals surface area contributed by atoms with Crippen molar-refractivity contribution in [2.45, 2.75) is 13.8 Å². The van der Waals surface area contributed by atoms with E-state index in [2.05, 4.69) is 4.98 Å². The minimum absolute atomic E-state index is 0.316. The standard InChI is InChI=1S/C12H11NO2S/c1-7-3-9(4-8(2)11(7)15)12-13-5-10(6-14)16-12/h3-6,15H,1-2H3. The molecule has 0 saturated heterocycles. The molecule has 2 aromatic rings. The van der Waals surface area contributed by atoms with E-state index in [0.29, 0.717) is 10.6 Å². The molecular weight excluding hydrogens is 222 g/mol. The number of thiazole rings is 1. The van der Waals surface area contributed by atoms with E-state index in [1.807, 2.05) is 26.0 Å². The zero-order valence-corrected chi connectivity index (χ0v) is 9.84. The van der Waals surface area contributed by atoms with Crippen molar-refractivity contribution >= 4 is 17.6 Å². The van der Waals surface area contributed by atoms with Gasteiger partial charge in [0.2, 0.25) is 0 Å². The maximum Gasteiger partial charge on any atom is 0.161 e. The van der Waals surface area contributed by atoms with Crippen molar-refractivity contribution in [3.8, 4) is 16.3 Å². The van der Waals surface area contributed by atoms with Gasteiger partial charge in [-0.3, -0.25) is 4.79 Å². The Kier molecular flexibility index (Phi) is 2.75. The summed E-state index contributed by atoms with van der Waals surface area (Å²) < 4.78 is 0. The summed E-state index contributed by atoms with van der Waals surface area (Å²) in [6, 6.07) is 3.74. The number of hydrogen-bond donors (Lipinski definition) is 1. The number of hydrogen-bond acceptors (Lipinski definition) is 4. The van der Waals surface area contributed by atoms with Crippen LogP contribution in [0.4, 0.5) is 0 Å². The minimum atomic E-state index is 0.316. The predicted octanol–water partition coefficient (Wildman–Crippen LogP) is 2.95. The molecule has 2 rings (SSSR count). The number of rotatable bonds is 2. The molecule has 0 amide bonds. The summed E-state index contributed by atoms with van der Waals surface area (Å²) >= 11 is 1.35. The summed E-state index contributed by atoms with van der Waals surface area (Å²) in [5.74, 6) is 0.316. The first-order valence-electron chi connectivity index (χ1n) is 4.83. The second-order valence-corrected chi connectivity index (χ2v) is 4.71. The van der Waals surface area contributed by atoms with Crippen LogP contribution in [-0.2, 0) is 0 Å². The molecule has 3 nitrogen and oxygen atoms in total. The Hall–Kier alpha value is -1.68. The Balaban J connectivity index is 2.52. The topological polar surface area (TPSA) is 50.2 Å². The minimum Gasteiger partial charge on any atom is -0.507 e. The van der Waals surface area contributed by atoms with E-state index in [1.54, 1.807) is 6.20 Å². The van der Waals surface area contributed by atoms with Gasteiger partial charge in [-0.1, -0.05) is 0 Å². The third-order valence-electron chi connectivity index (χ3n) is 2.38. The maximum atomic E-state index is 10.6. The quantitative estimate of drug-likeness (QED) is 0.811. The molecular formula is C12H11NO2S. The largest absolute Gasteiger partial charge is 0.507 e. The van der Waals surface area contributed by atoms with Crippen molar-refractivity contribution in [3.63, 3.8) is 0 Å². The smallest absolute Gasteiger partial charge is 0.161 e. The Morgan fingerprint density at radius 2 is 1.94 bits per heavy atom. The Morgan fingerprint density at radius 1 is 1.31 bits per heavy atom. The highest BCUT2D eigenvalue weighted by molar-refractivity contribution is 7.16. The lowest BCUT2D eigenvalue weighted by Gasteiger charge is -2.05. The van der Waals surface area contributed by atoms with Crippen LogP contribution < -0.4 is 0 Å². The normalized spacial score (nSPS) is 10.4. The van der Waals surface area contributed by atoms with Gasteiger partial charge in [-0.2, -0.15) is 0 Å². The highest BCUT2D eigenvalue weighted by Crippen LogP contribution is 2.30. The number of aromatic nitrogens is 1. The van der Waals surface area contributed by atoms with Crippen molar-refractivity contribution in [3.05, 3.63) is 34.3 Å². The summed E-state index contributed by atoms with van der Waals surface area (Å²) in [6.07, 6.45) is 2.35. The van der Waals surface area contributed by atoms with Crippen LogP contribution in [0, 0.1) is 13.8 Å². The zero-order valence-electron chi connectivity index (χ0n) is 9.02. The molecule has 0 spiro atoms. The monoisotopic (exact) mass is 233 g/mol. The van der Waals surface area contributed by atoms with E-state index in [1.165, 1.54) is 11.3 Å². The predicted molar refractivity (Wildman–Crippen MR) is 64.1 cm³/mol. The summed E-state index contributed by atoms with van der Waals surface area (Å²) in [4.78, 5) is 15.4. The summed E-state index contributed by atoms with van der Waals surface area (Å²) in [7, 11) is 0. The number of phenols is 1. The molecule has 0 bridgehead atoms. The van der Waals surface area contributed by atoms with Crippen LogP contribution in [0.25, 0.3) is 10.6 Å². The highest BCUT2D eigenvalue weighted by atomic mass is 32.1. The lowest BCUT2D eigenvalue weighted by Crippen LogP contribution is -1.83. The SMILES string of the molecule is Cc1cc(-c2ncc(C=O)s2)cc(C)c1O. The van der Waals surface area contributed by atoms with Crippen molar-refractivity contribution in [2.24, 2.45) is 0 Å². The summed E-state index contributed by atoms with van der Waals surface area (Å²) in [6.45, 7) is 3.69. The average molecular weight is 233 g/mol. The molecule has 82 valence electrons. The van der Waals surface area contributed by atoms with Crippen molar-refractivity contribution in [1.29, 1.82) is 0 Å². The fraction of sp³-hybridized carbons (Fsp3) is 0.167. The van der Waals surface area contributed by atoms with Crippen LogP contribution in [0.3, 0.4) is 0 Å². The number of aromatic hydroxyl groups is 1. The number of carbonyl (C=O) groups is 1. The first kappa shape index (κ1) is 10.8. The van der Waals surface area contributed by atoms with Gasteiger partial charge in [-0.25, -0.2) is 4.98 Å². The lowest BCUT2D eigenvalue weighted by atomic mass is 10.1. The molecule has 0 aliphatic rings. The van der Waals surface area contributed by atoms with E-state index in [9.17, 15) is 9.90 Å². The van der Waals surface area contributed by atoms with Crippen LogP contribution in [-0.4, -0.2) is 16.4 Å². The van der Waals surface area contributed by atoms with Gasteiger partial charge in [-0.05, 0) is 37.1 Å². The molecule has 4 heteroatoms. The van der Waals surface area contributed by atoms with E-state index in [-0.39, 0.29) is 0 Å². The molecule has 1 aromatic carbocycles. The van der Waals surface area contributed by atoms with Crippen molar-refractivity contribution in [1.82, 2.24) is 4.98 Å². The van der Waals surface area contributed by atoms with Crippen LogP contribution >= 0.6 is 11.3 Å². The molecule has 1 heterocycles. The molecule has 1 N–H and O–H groups in total. The summed E-state index contributed by atoms with van der Waals surface area (Å²) in [5.41, 5.74) is 2.57. The Labute approximate surface area is 97.4 Å². The number of nitrogens with zero attached hydrogens (tertiary/aromatic N) is 1. The third kappa shape index (κ3) is 1.84. The van der Waals surface area contributed by atoms with Gasteiger partial charge in [0, 0.05) is 11.8 Å². The van der Waals surface area contributed by atoms with E-state index in [0.717, 1.165) is 28.0 Å². The average Bonchev–Trinajstić information content (AvgIpc) is 2.73. The number of phenolic OH excluding ortho intramolecular Hbond substituents is 1. The lowest BCUT2D eigenvalue weighted by molar-refractivity contribution is 0.112. The van der Waals surface area contributed by atoms with Crippen molar-refractivity contribution in [2.75, 3.05) is 0 Å². The molecule has 0 fully saturated rings. The van der Waals surface area contributed by atoms with Crippen molar-refractivity contribution < 1.29 is 9.90 Å². The molecule has 0 saturated carbocycles. The van der Waals surface area contributed by atoms with Gasteiger partial charge in [0.1, 0.15) is 10.8 Å². The number of aldehydes is 1. The third-order valence-corrected chi connectivity index (χ3v) is 3.35.